The molecule has 0 spiro atoms. The van der Waals surface area contributed by atoms with Gasteiger partial charge in [0.2, 0.25) is 0 Å². The maximum absolute atomic E-state index is 13.3. The fraction of sp³-hybridized carbons (Fsp3) is 0.233. The number of benzene rings is 3. The summed E-state index contributed by atoms with van der Waals surface area (Å²) in [6, 6.07) is 22.9. The molecule has 0 atom stereocenters. The molecule has 1 aliphatic heterocycles. The minimum Gasteiger partial charge on any atom is -0.354 e. The maximum atomic E-state index is 13.3. The van der Waals surface area contributed by atoms with E-state index in [-0.39, 0.29) is 5.91 Å². The van der Waals surface area contributed by atoms with E-state index in [1.165, 1.54) is 0 Å². The predicted molar refractivity (Wildman–Crippen MR) is 156 cm³/mol. The summed E-state index contributed by atoms with van der Waals surface area (Å²) >= 11 is 18.4. The van der Waals surface area contributed by atoms with Crippen molar-refractivity contribution in [1.82, 2.24) is 14.9 Å². The Morgan fingerprint density at radius 3 is 2.24 bits per heavy atom. The molecule has 1 saturated heterocycles. The van der Waals surface area contributed by atoms with E-state index in [0.29, 0.717) is 52.5 Å². The van der Waals surface area contributed by atoms with Crippen molar-refractivity contribution in [1.29, 1.82) is 0 Å². The van der Waals surface area contributed by atoms with Crippen molar-refractivity contribution >= 4 is 46.5 Å². The summed E-state index contributed by atoms with van der Waals surface area (Å²) in [5, 5.41) is 1.61. The number of aryl methyl sites for hydroxylation is 1. The Balaban J connectivity index is 1.46. The minimum absolute atomic E-state index is 0.0681. The highest BCUT2D eigenvalue weighted by Crippen LogP contribution is 2.29. The zero-order chi connectivity index (χ0) is 26.6. The van der Waals surface area contributed by atoms with Crippen molar-refractivity contribution in [2.45, 2.75) is 19.8 Å². The van der Waals surface area contributed by atoms with Crippen LogP contribution in [0.25, 0.3) is 11.4 Å². The lowest BCUT2D eigenvalue weighted by molar-refractivity contribution is 0.0767. The standard InChI is InChI=1S/C30H27Cl3N4O/c1-20-27(16-21-8-10-24(31)11-9-21)29(35-28(34-20)22-6-3-2-4-7-22)36-12-5-13-37(15-14-36)30(38)23-17-25(32)19-26(33)18-23/h2-4,6-11,17-19H,5,12-16H2,1H3. The molecule has 1 amide bonds. The molecular formula is C30H27Cl3N4O. The van der Waals surface area contributed by atoms with Gasteiger partial charge in [0, 0.05) is 70.1 Å². The third-order valence-corrected chi connectivity index (χ3v) is 7.40. The van der Waals surface area contributed by atoms with Gasteiger partial charge in [-0.05, 0) is 49.2 Å². The number of nitrogens with zero attached hydrogens (tertiary/aromatic N) is 4. The number of carbonyl (C=O) groups is 1. The number of amides is 1. The van der Waals surface area contributed by atoms with Crippen LogP contribution in [0.5, 0.6) is 0 Å². The van der Waals surface area contributed by atoms with Crippen molar-refractivity contribution in [2.24, 2.45) is 0 Å². The van der Waals surface area contributed by atoms with Gasteiger partial charge in [-0.1, -0.05) is 77.3 Å². The molecule has 1 aromatic heterocycles. The van der Waals surface area contributed by atoms with Gasteiger partial charge < -0.3 is 9.80 Å². The fourth-order valence-electron chi connectivity index (χ4n) is 4.76. The number of rotatable bonds is 5. The highest BCUT2D eigenvalue weighted by Gasteiger charge is 2.25. The van der Waals surface area contributed by atoms with E-state index >= 15 is 0 Å². The van der Waals surface area contributed by atoms with Crippen LogP contribution in [0, 0.1) is 6.92 Å². The number of hydrogen-bond donors (Lipinski definition) is 0. The molecular weight excluding hydrogens is 539 g/mol. The van der Waals surface area contributed by atoms with E-state index in [4.69, 9.17) is 44.8 Å². The Labute approximate surface area is 238 Å². The smallest absolute Gasteiger partial charge is 0.254 e. The van der Waals surface area contributed by atoms with Gasteiger partial charge in [0.15, 0.2) is 5.82 Å². The fourth-order valence-corrected chi connectivity index (χ4v) is 5.42. The third kappa shape index (κ3) is 6.12. The Morgan fingerprint density at radius 2 is 1.53 bits per heavy atom. The van der Waals surface area contributed by atoms with E-state index in [1.807, 2.05) is 66.4 Å². The van der Waals surface area contributed by atoms with Gasteiger partial charge in [-0.15, -0.1) is 0 Å². The van der Waals surface area contributed by atoms with Gasteiger partial charge in [0.05, 0.1) is 0 Å². The first-order chi connectivity index (χ1) is 18.4. The van der Waals surface area contributed by atoms with Gasteiger partial charge in [0.25, 0.3) is 5.91 Å². The molecule has 194 valence electrons. The van der Waals surface area contributed by atoms with Crippen molar-refractivity contribution in [3.63, 3.8) is 0 Å². The van der Waals surface area contributed by atoms with Crippen LogP contribution in [-0.4, -0.2) is 47.0 Å². The van der Waals surface area contributed by atoms with Crippen molar-refractivity contribution < 1.29 is 4.79 Å². The topological polar surface area (TPSA) is 49.3 Å². The molecule has 8 heteroatoms. The molecule has 5 nitrogen and oxygen atoms in total. The average Bonchev–Trinajstić information content (AvgIpc) is 3.17. The number of halogens is 3. The van der Waals surface area contributed by atoms with E-state index in [0.717, 1.165) is 41.2 Å². The van der Waals surface area contributed by atoms with E-state index in [2.05, 4.69) is 4.90 Å². The number of aromatic nitrogens is 2. The van der Waals surface area contributed by atoms with Crippen molar-refractivity contribution in [2.75, 3.05) is 31.1 Å². The Hall–Kier alpha value is -3.12. The summed E-state index contributed by atoms with van der Waals surface area (Å²) in [4.78, 5) is 27.4. The first kappa shape index (κ1) is 26.5. The van der Waals surface area contributed by atoms with E-state index in [1.54, 1.807) is 18.2 Å². The van der Waals surface area contributed by atoms with Crippen LogP contribution in [0.3, 0.4) is 0 Å². The maximum Gasteiger partial charge on any atom is 0.254 e. The molecule has 5 rings (SSSR count). The first-order valence-electron chi connectivity index (χ1n) is 12.5. The summed E-state index contributed by atoms with van der Waals surface area (Å²) < 4.78 is 0. The lowest BCUT2D eigenvalue weighted by atomic mass is 10.0. The largest absolute Gasteiger partial charge is 0.354 e. The summed E-state index contributed by atoms with van der Waals surface area (Å²) in [7, 11) is 0. The van der Waals surface area contributed by atoms with Crippen LogP contribution in [0.15, 0.2) is 72.8 Å². The molecule has 3 aromatic carbocycles. The van der Waals surface area contributed by atoms with E-state index < -0.39 is 0 Å². The Kier molecular flexibility index (Phi) is 8.18. The molecule has 0 saturated carbocycles. The zero-order valence-electron chi connectivity index (χ0n) is 21.0. The monoisotopic (exact) mass is 564 g/mol. The normalized spacial score (nSPS) is 13.9. The number of hydrogen-bond acceptors (Lipinski definition) is 4. The average molecular weight is 566 g/mol. The predicted octanol–water partition coefficient (Wildman–Crippen LogP) is 7.36. The van der Waals surface area contributed by atoms with Crippen molar-refractivity contribution in [3.05, 3.63) is 110 Å². The van der Waals surface area contributed by atoms with Gasteiger partial charge in [-0.25, -0.2) is 9.97 Å². The first-order valence-corrected chi connectivity index (χ1v) is 13.7. The molecule has 0 unspecified atom stereocenters. The molecule has 38 heavy (non-hydrogen) atoms. The molecule has 1 aliphatic rings. The highest BCUT2D eigenvalue weighted by molar-refractivity contribution is 6.35. The SMILES string of the molecule is Cc1nc(-c2ccccc2)nc(N2CCCN(C(=O)c3cc(Cl)cc(Cl)c3)CC2)c1Cc1ccc(Cl)cc1. The molecule has 0 bridgehead atoms. The van der Waals surface area contributed by atoms with Gasteiger partial charge >= 0.3 is 0 Å². The summed E-state index contributed by atoms with van der Waals surface area (Å²) in [6.45, 7) is 4.67. The molecule has 1 fully saturated rings. The highest BCUT2D eigenvalue weighted by atomic mass is 35.5. The molecule has 0 N–H and O–H groups in total. The Bertz CT molecular complexity index is 1420. The summed E-state index contributed by atoms with van der Waals surface area (Å²) in [5.41, 5.74) is 4.63. The number of anilines is 1. The van der Waals surface area contributed by atoms with Crippen LogP contribution in [-0.2, 0) is 6.42 Å². The second-order valence-electron chi connectivity index (χ2n) is 9.39. The molecule has 0 aliphatic carbocycles. The quantitative estimate of drug-likeness (QED) is 0.254. The van der Waals surface area contributed by atoms with Crippen molar-refractivity contribution in [3.8, 4) is 11.4 Å². The van der Waals surface area contributed by atoms with Gasteiger partial charge in [-0.2, -0.15) is 0 Å². The molecule has 4 aromatic rings. The third-order valence-electron chi connectivity index (χ3n) is 6.71. The van der Waals surface area contributed by atoms with Crippen LogP contribution >= 0.6 is 34.8 Å². The van der Waals surface area contributed by atoms with Crippen LogP contribution < -0.4 is 4.90 Å². The minimum atomic E-state index is -0.0681. The van der Waals surface area contributed by atoms with Gasteiger partial charge in [0.1, 0.15) is 5.82 Å². The van der Waals surface area contributed by atoms with Gasteiger partial charge in [-0.3, -0.25) is 4.79 Å². The zero-order valence-corrected chi connectivity index (χ0v) is 23.3. The molecule has 2 heterocycles. The van der Waals surface area contributed by atoms with Crippen LogP contribution in [0.4, 0.5) is 5.82 Å². The van der Waals surface area contributed by atoms with Crippen LogP contribution in [0.1, 0.15) is 33.6 Å². The lowest BCUT2D eigenvalue weighted by Crippen LogP contribution is -2.35. The van der Waals surface area contributed by atoms with Crippen LogP contribution in [0.2, 0.25) is 15.1 Å². The summed E-state index contributed by atoms with van der Waals surface area (Å²) in [5.74, 6) is 1.54. The summed E-state index contributed by atoms with van der Waals surface area (Å²) in [6.07, 6.45) is 1.50. The Morgan fingerprint density at radius 1 is 0.816 bits per heavy atom. The molecule has 0 radical (unpaired) electrons. The number of carbonyl (C=O) groups excluding carboxylic acids is 1. The van der Waals surface area contributed by atoms with E-state index in [9.17, 15) is 4.79 Å². The second kappa shape index (κ2) is 11.7. The second-order valence-corrected chi connectivity index (χ2v) is 10.7. The lowest BCUT2D eigenvalue weighted by Gasteiger charge is -2.26.